The summed E-state index contributed by atoms with van der Waals surface area (Å²) in [5.41, 5.74) is 0.266. The first-order valence-electron chi connectivity index (χ1n) is 9.46. The number of hydrogen-bond acceptors (Lipinski definition) is 7. The van der Waals surface area contributed by atoms with Crippen molar-refractivity contribution in [2.24, 2.45) is 0 Å². The highest BCUT2D eigenvalue weighted by Crippen LogP contribution is 2.42. The lowest BCUT2D eigenvalue weighted by atomic mass is 9.98. The maximum atomic E-state index is 14.9. The molecule has 1 fully saturated rings. The number of rotatable bonds is 5. The molecule has 2 heterocycles. The molecule has 0 radical (unpaired) electrons. The summed E-state index contributed by atoms with van der Waals surface area (Å²) < 4.78 is 27.1. The van der Waals surface area contributed by atoms with E-state index >= 15 is 0 Å². The molecule has 31 heavy (non-hydrogen) atoms. The molecule has 0 aliphatic carbocycles. The van der Waals surface area contributed by atoms with Crippen molar-refractivity contribution in [1.29, 1.82) is 0 Å². The average molecular weight is 470 g/mol. The van der Waals surface area contributed by atoms with Gasteiger partial charge in [0.2, 0.25) is 0 Å². The SMILES string of the molecule is COc1ccc(Sc2cn([C@@H]3O[C@H](CO)[C@@H](O)[C@H](O)[C@H]3O)c3c(Cl)ccc(F)c23)cc1. The van der Waals surface area contributed by atoms with E-state index in [4.69, 9.17) is 21.1 Å². The van der Waals surface area contributed by atoms with Crippen molar-refractivity contribution in [2.75, 3.05) is 13.7 Å². The van der Waals surface area contributed by atoms with Crippen LogP contribution in [-0.4, -0.2) is 63.1 Å². The second kappa shape index (κ2) is 8.95. The molecule has 1 saturated heterocycles. The van der Waals surface area contributed by atoms with E-state index in [9.17, 15) is 24.8 Å². The predicted molar refractivity (Wildman–Crippen MR) is 113 cm³/mol. The van der Waals surface area contributed by atoms with Crippen LogP contribution in [0.2, 0.25) is 5.02 Å². The van der Waals surface area contributed by atoms with Crippen LogP contribution < -0.4 is 4.74 Å². The Balaban J connectivity index is 1.81. The Morgan fingerprint density at radius 2 is 1.81 bits per heavy atom. The summed E-state index contributed by atoms with van der Waals surface area (Å²) in [7, 11) is 1.56. The Hall–Kier alpha value is -1.85. The highest BCUT2D eigenvalue weighted by molar-refractivity contribution is 7.99. The molecule has 1 aliphatic rings. The smallest absolute Gasteiger partial charge is 0.163 e. The topological polar surface area (TPSA) is 104 Å². The fourth-order valence-corrected chi connectivity index (χ4v) is 4.89. The molecule has 3 aromatic rings. The molecule has 2 aromatic carbocycles. The van der Waals surface area contributed by atoms with Gasteiger partial charge in [0.15, 0.2) is 6.23 Å². The van der Waals surface area contributed by atoms with E-state index in [-0.39, 0.29) is 15.9 Å². The molecule has 7 nitrogen and oxygen atoms in total. The third-order valence-electron chi connectivity index (χ3n) is 5.27. The molecular formula is C21H21ClFNO6S. The van der Waals surface area contributed by atoms with Crippen molar-refractivity contribution in [3.05, 3.63) is 53.4 Å². The average Bonchev–Trinajstić information content (AvgIpc) is 3.15. The zero-order chi connectivity index (χ0) is 22.3. The molecule has 4 rings (SSSR count). The highest BCUT2D eigenvalue weighted by atomic mass is 35.5. The van der Waals surface area contributed by atoms with Crippen molar-refractivity contribution < 1.29 is 34.3 Å². The fourth-order valence-electron chi connectivity index (χ4n) is 3.64. The summed E-state index contributed by atoms with van der Waals surface area (Å²) in [6.07, 6.45) is -5.35. The van der Waals surface area contributed by atoms with Crippen molar-refractivity contribution in [3.63, 3.8) is 0 Å². The van der Waals surface area contributed by atoms with Gasteiger partial charge in [-0.1, -0.05) is 23.4 Å². The Bertz CT molecular complexity index is 1080. The van der Waals surface area contributed by atoms with E-state index in [1.54, 1.807) is 25.4 Å². The Morgan fingerprint density at radius 3 is 2.45 bits per heavy atom. The quantitative estimate of drug-likeness (QED) is 0.455. The van der Waals surface area contributed by atoms with Crippen LogP contribution in [0.15, 0.2) is 52.4 Å². The third-order valence-corrected chi connectivity index (χ3v) is 6.61. The minimum atomic E-state index is -1.57. The third kappa shape index (κ3) is 4.03. The minimum absolute atomic E-state index is 0.218. The maximum Gasteiger partial charge on any atom is 0.163 e. The molecule has 166 valence electrons. The number of methoxy groups -OCH3 is 1. The van der Waals surface area contributed by atoms with Gasteiger partial charge in [0.25, 0.3) is 0 Å². The monoisotopic (exact) mass is 469 g/mol. The van der Waals surface area contributed by atoms with E-state index in [0.29, 0.717) is 10.6 Å². The zero-order valence-corrected chi connectivity index (χ0v) is 17.9. The summed E-state index contributed by atoms with van der Waals surface area (Å²) in [5.74, 6) is 0.168. The Labute approximate surface area is 186 Å². The van der Waals surface area contributed by atoms with Gasteiger partial charge in [-0.3, -0.25) is 0 Å². The number of ether oxygens (including phenoxy) is 2. The van der Waals surface area contributed by atoms with Gasteiger partial charge in [-0.05, 0) is 36.4 Å². The van der Waals surface area contributed by atoms with Crippen LogP contribution in [0.1, 0.15) is 6.23 Å². The largest absolute Gasteiger partial charge is 0.497 e. The lowest BCUT2D eigenvalue weighted by molar-refractivity contribution is -0.250. The summed E-state index contributed by atoms with van der Waals surface area (Å²) in [6.45, 7) is -0.573. The summed E-state index contributed by atoms with van der Waals surface area (Å²) in [5, 5.41) is 40.8. The van der Waals surface area contributed by atoms with Gasteiger partial charge >= 0.3 is 0 Å². The summed E-state index contributed by atoms with van der Waals surface area (Å²) >= 11 is 7.66. The molecule has 5 atom stereocenters. The lowest BCUT2D eigenvalue weighted by Crippen LogP contribution is -2.56. The molecule has 4 N–H and O–H groups in total. The summed E-state index contributed by atoms with van der Waals surface area (Å²) in [4.78, 5) is 1.32. The number of halogens is 2. The van der Waals surface area contributed by atoms with Crippen LogP contribution in [-0.2, 0) is 4.74 Å². The van der Waals surface area contributed by atoms with Crippen LogP contribution in [0, 0.1) is 5.82 Å². The van der Waals surface area contributed by atoms with Gasteiger partial charge < -0.3 is 34.5 Å². The normalized spacial score (nSPS) is 26.4. The van der Waals surface area contributed by atoms with Gasteiger partial charge in [0.05, 0.1) is 29.6 Å². The van der Waals surface area contributed by atoms with Gasteiger partial charge in [-0.2, -0.15) is 0 Å². The first-order valence-corrected chi connectivity index (χ1v) is 10.7. The first-order chi connectivity index (χ1) is 14.8. The van der Waals surface area contributed by atoms with Crippen LogP contribution in [0.25, 0.3) is 10.9 Å². The number of benzene rings is 2. The van der Waals surface area contributed by atoms with Gasteiger partial charge in [0.1, 0.15) is 36.0 Å². The van der Waals surface area contributed by atoms with E-state index in [0.717, 1.165) is 4.90 Å². The number of aliphatic hydroxyl groups excluding tert-OH is 4. The van der Waals surface area contributed by atoms with E-state index in [2.05, 4.69) is 0 Å². The highest BCUT2D eigenvalue weighted by Gasteiger charge is 2.44. The van der Waals surface area contributed by atoms with Crippen molar-refractivity contribution >= 4 is 34.3 Å². The second-order valence-electron chi connectivity index (χ2n) is 7.15. The lowest BCUT2D eigenvalue weighted by Gasteiger charge is -2.40. The molecule has 0 amide bonds. The van der Waals surface area contributed by atoms with Crippen molar-refractivity contribution in [2.45, 2.75) is 40.4 Å². The zero-order valence-electron chi connectivity index (χ0n) is 16.4. The number of nitrogens with zero attached hydrogens (tertiary/aromatic N) is 1. The molecule has 0 bridgehead atoms. The van der Waals surface area contributed by atoms with Crippen LogP contribution >= 0.6 is 23.4 Å². The van der Waals surface area contributed by atoms with E-state index in [1.165, 1.54) is 28.5 Å². The van der Waals surface area contributed by atoms with Crippen LogP contribution in [0.4, 0.5) is 4.39 Å². The number of hydrogen-bond donors (Lipinski definition) is 4. The van der Waals surface area contributed by atoms with Crippen molar-refractivity contribution in [1.82, 2.24) is 4.57 Å². The standard InChI is InChI=1S/C21H21ClFNO6S/c1-29-10-2-4-11(5-3-10)31-15-8-24(17-12(22)6-7-13(23)16(15)17)21-20(28)19(27)18(26)14(9-25)30-21/h2-8,14,18-21,25-28H,9H2,1H3/t14-,18-,19+,20-,21-/m1/s1. The maximum absolute atomic E-state index is 14.9. The number of aliphatic hydroxyl groups is 4. The van der Waals surface area contributed by atoms with Gasteiger partial charge in [-0.15, -0.1) is 0 Å². The minimum Gasteiger partial charge on any atom is -0.497 e. The predicted octanol–water partition coefficient (Wildman–Crippen LogP) is 2.57. The van der Waals surface area contributed by atoms with E-state index < -0.39 is 43.1 Å². The van der Waals surface area contributed by atoms with Gasteiger partial charge in [-0.25, -0.2) is 4.39 Å². The van der Waals surface area contributed by atoms with Crippen LogP contribution in [0.3, 0.4) is 0 Å². The summed E-state index contributed by atoms with van der Waals surface area (Å²) in [6, 6.07) is 9.85. The molecule has 0 saturated carbocycles. The second-order valence-corrected chi connectivity index (χ2v) is 8.67. The fraction of sp³-hybridized carbons (Fsp3) is 0.333. The Morgan fingerprint density at radius 1 is 1.10 bits per heavy atom. The molecular weight excluding hydrogens is 449 g/mol. The molecule has 1 aromatic heterocycles. The first kappa shape index (κ1) is 22.3. The molecule has 0 spiro atoms. The molecule has 0 unspecified atom stereocenters. The van der Waals surface area contributed by atoms with E-state index in [1.807, 2.05) is 12.1 Å². The molecule has 10 heteroatoms. The van der Waals surface area contributed by atoms with Gasteiger partial charge in [0, 0.05) is 16.0 Å². The van der Waals surface area contributed by atoms with Crippen molar-refractivity contribution in [3.8, 4) is 5.75 Å². The number of fused-ring (bicyclic) bond motifs is 1. The molecule has 1 aliphatic heterocycles. The number of aromatic nitrogens is 1. The Kier molecular flexibility index (Phi) is 6.45. The van der Waals surface area contributed by atoms with Crippen LogP contribution in [0.5, 0.6) is 5.75 Å².